The highest BCUT2D eigenvalue weighted by atomic mass is 32.1. The van der Waals surface area contributed by atoms with Crippen LogP contribution in [-0.4, -0.2) is 34.2 Å². The highest BCUT2D eigenvalue weighted by molar-refractivity contribution is 7.21. The molecule has 1 saturated heterocycles. The van der Waals surface area contributed by atoms with Gasteiger partial charge in [0.15, 0.2) is 0 Å². The molecule has 1 aliphatic rings. The molecule has 3 rings (SSSR count). The van der Waals surface area contributed by atoms with E-state index in [1.807, 2.05) is 18.9 Å². The summed E-state index contributed by atoms with van der Waals surface area (Å²) in [5.74, 6) is -0.144. The van der Waals surface area contributed by atoms with E-state index >= 15 is 0 Å². The van der Waals surface area contributed by atoms with E-state index < -0.39 is 0 Å². The fraction of sp³-hybridized carbons (Fsp3) is 0.500. The van der Waals surface area contributed by atoms with Gasteiger partial charge in [-0.2, -0.15) is 5.10 Å². The van der Waals surface area contributed by atoms with Crippen molar-refractivity contribution in [1.82, 2.24) is 20.6 Å². The van der Waals surface area contributed by atoms with E-state index in [4.69, 9.17) is 5.73 Å². The summed E-state index contributed by atoms with van der Waals surface area (Å²) in [6, 6.07) is 0. The first kappa shape index (κ1) is 14.2. The van der Waals surface area contributed by atoms with Gasteiger partial charge in [-0.05, 0) is 32.3 Å². The van der Waals surface area contributed by atoms with Crippen molar-refractivity contribution in [3.05, 3.63) is 16.1 Å². The molecule has 112 valence electrons. The van der Waals surface area contributed by atoms with Gasteiger partial charge < -0.3 is 5.73 Å². The van der Waals surface area contributed by atoms with Crippen LogP contribution < -0.4 is 11.2 Å². The molecular weight excluding hydrogens is 286 g/mol. The zero-order valence-corrected chi connectivity index (χ0v) is 13.1. The average molecular weight is 305 g/mol. The highest BCUT2D eigenvalue weighted by Crippen LogP contribution is 2.34. The molecule has 6 nitrogen and oxygen atoms in total. The van der Waals surface area contributed by atoms with Gasteiger partial charge >= 0.3 is 0 Å². The molecule has 1 amide bonds. The molecule has 1 fully saturated rings. The Balaban J connectivity index is 1.91. The Morgan fingerprint density at radius 3 is 2.67 bits per heavy atom. The second-order valence-electron chi connectivity index (χ2n) is 5.42. The number of amides is 1. The molecule has 0 bridgehead atoms. The summed E-state index contributed by atoms with van der Waals surface area (Å²) < 4.78 is 0. The van der Waals surface area contributed by atoms with E-state index in [2.05, 4.69) is 15.6 Å². The Hall–Kier alpha value is -1.73. The van der Waals surface area contributed by atoms with Crippen LogP contribution in [0.4, 0.5) is 5.69 Å². The molecule has 0 radical (unpaired) electrons. The number of anilines is 1. The van der Waals surface area contributed by atoms with Crippen molar-refractivity contribution < 1.29 is 4.79 Å². The van der Waals surface area contributed by atoms with E-state index in [1.165, 1.54) is 17.8 Å². The number of aryl methyl sites for hydroxylation is 2. The number of thiophene rings is 1. The summed E-state index contributed by atoms with van der Waals surface area (Å²) in [4.78, 5) is 13.7. The quantitative estimate of drug-likeness (QED) is 0.887. The van der Waals surface area contributed by atoms with Crippen LogP contribution in [0.5, 0.6) is 0 Å². The second kappa shape index (κ2) is 5.57. The molecule has 0 saturated carbocycles. The molecule has 3 N–H and O–H groups in total. The lowest BCUT2D eigenvalue weighted by Gasteiger charge is -2.26. The maximum Gasteiger partial charge on any atom is 0.277 e. The van der Waals surface area contributed by atoms with E-state index in [9.17, 15) is 4.79 Å². The lowest BCUT2D eigenvalue weighted by atomic mass is 10.1. The van der Waals surface area contributed by atoms with Crippen molar-refractivity contribution in [3.63, 3.8) is 0 Å². The number of nitrogens with one attached hydrogen (secondary N) is 1. The Bertz CT molecular complexity index is 690. The number of carbonyl (C=O) groups excluding carboxylic acids is 1. The molecule has 0 atom stereocenters. The van der Waals surface area contributed by atoms with Crippen molar-refractivity contribution in [2.24, 2.45) is 0 Å². The first-order chi connectivity index (χ1) is 10.1. The van der Waals surface area contributed by atoms with Crippen LogP contribution in [0.2, 0.25) is 0 Å². The molecular formula is C14H19N5OS. The zero-order chi connectivity index (χ0) is 15.0. The standard InChI is InChI=1S/C14H19N5OS/c1-8-9(2)16-17-14-10(8)11(15)12(21-14)13(20)18-19-6-4-3-5-7-19/h3-7,15H2,1-2H3,(H,18,20). The van der Waals surface area contributed by atoms with Gasteiger partial charge in [0.05, 0.1) is 11.4 Å². The largest absolute Gasteiger partial charge is 0.397 e. The smallest absolute Gasteiger partial charge is 0.277 e. The van der Waals surface area contributed by atoms with Gasteiger partial charge in [0.1, 0.15) is 9.71 Å². The van der Waals surface area contributed by atoms with Gasteiger partial charge in [-0.1, -0.05) is 6.42 Å². The number of nitrogen functional groups attached to an aromatic ring is 1. The summed E-state index contributed by atoms with van der Waals surface area (Å²) in [7, 11) is 0. The van der Waals surface area contributed by atoms with Gasteiger partial charge in [0, 0.05) is 18.5 Å². The van der Waals surface area contributed by atoms with Crippen LogP contribution in [0, 0.1) is 13.8 Å². The topological polar surface area (TPSA) is 84.1 Å². The van der Waals surface area contributed by atoms with Crippen molar-refractivity contribution in [3.8, 4) is 0 Å². The summed E-state index contributed by atoms with van der Waals surface area (Å²) >= 11 is 1.31. The normalized spacial score (nSPS) is 16.3. The van der Waals surface area contributed by atoms with Gasteiger partial charge in [-0.15, -0.1) is 16.4 Å². The van der Waals surface area contributed by atoms with Gasteiger partial charge in [-0.25, -0.2) is 5.01 Å². The van der Waals surface area contributed by atoms with Crippen LogP contribution in [-0.2, 0) is 0 Å². The number of nitrogens with zero attached hydrogens (tertiary/aromatic N) is 3. The highest BCUT2D eigenvalue weighted by Gasteiger charge is 2.21. The molecule has 2 aromatic rings. The van der Waals surface area contributed by atoms with E-state index in [1.54, 1.807) is 0 Å². The van der Waals surface area contributed by atoms with Crippen molar-refractivity contribution in [1.29, 1.82) is 0 Å². The Kier molecular flexibility index (Phi) is 3.77. The summed E-state index contributed by atoms with van der Waals surface area (Å²) in [6.45, 7) is 5.65. The number of fused-ring (bicyclic) bond motifs is 1. The third kappa shape index (κ3) is 2.58. The SMILES string of the molecule is Cc1nnc2sc(C(=O)NN3CCCCC3)c(N)c2c1C. The number of hydrogen-bond acceptors (Lipinski definition) is 6. The Morgan fingerprint density at radius 1 is 1.24 bits per heavy atom. The molecule has 0 unspecified atom stereocenters. The van der Waals surface area contributed by atoms with E-state index in [-0.39, 0.29) is 5.91 Å². The summed E-state index contributed by atoms with van der Waals surface area (Å²) in [6.07, 6.45) is 3.46. The number of hydrogen-bond donors (Lipinski definition) is 2. The van der Waals surface area contributed by atoms with Crippen molar-refractivity contribution in [2.75, 3.05) is 18.8 Å². The zero-order valence-electron chi connectivity index (χ0n) is 12.3. The van der Waals surface area contributed by atoms with Gasteiger partial charge in [0.25, 0.3) is 5.91 Å². The molecule has 0 aliphatic carbocycles. The van der Waals surface area contributed by atoms with Gasteiger partial charge in [0.2, 0.25) is 0 Å². The number of hydrazine groups is 1. The molecule has 0 spiro atoms. The molecule has 1 aliphatic heterocycles. The predicted molar refractivity (Wildman–Crippen MR) is 84.2 cm³/mol. The Morgan fingerprint density at radius 2 is 1.95 bits per heavy atom. The minimum absolute atomic E-state index is 0.144. The van der Waals surface area contributed by atoms with Gasteiger partial charge in [-0.3, -0.25) is 10.2 Å². The minimum Gasteiger partial charge on any atom is -0.397 e. The molecule has 7 heteroatoms. The van der Waals surface area contributed by atoms with Crippen LogP contribution in [0.3, 0.4) is 0 Å². The van der Waals surface area contributed by atoms with E-state index in [0.717, 1.165) is 47.4 Å². The maximum atomic E-state index is 12.4. The predicted octanol–water partition coefficient (Wildman–Crippen LogP) is 2.02. The van der Waals surface area contributed by atoms with Crippen LogP contribution in [0.15, 0.2) is 0 Å². The number of piperidine rings is 1. The second-order valence-corrected chi connectivity index (χ2v) is 6.42. The summed E-state index contributed by atoms with van der Waals surface area (Å²) in [5, 5.41) is 11.1. The molecule has 21 heavy (non-hydrogen) atoms. The molecule has 3 heterocycles. The third-order valence-electron chi connectivity index (χ3n) is 3.96. The minimum atomic E-state index is -0.144. The first-order valence-corrected chi connectivity index (χ1v) is 7.97. The van der Waals surface area contributed by atoms with Crippen LogP contribution >= 0.6 is 11.3 Å². The third-order valence-corrected chi connectivity index (χ3v) is 5.05. The fourth-order valence-corrected chi connectivity index (χ4v) is 3.60. The molecule has 0 aromatic carbocycles. The Labute approximate surface area is 127 Å². The lowest BCUT2D eigenvalue weighted by Crippen LogP contribution is -2.44. The average Bonchev–Trinajstić information content (AvgIpc) is 2.82. The van der Waals surface area contributed by atoms with Crippen LogP contribution in [0.25, 0.3) is 10.2 Å². The lowest BCUT2D eigenvalue weighted by molar-refractivity contribution is 0.0755. The number of rotatable bonds is 2. The van der Waals surface area contributed by atoms with Crippen molar-refractivity contribution in [2.45, 2.75) is 33.1 Å². The number of nitrogens with two attached hydrogens (primary N) is 1. The fourth-order valence-electron chi connectivity index (χ4n) is 2.61. The monoisotopic (exact) mass is 305 g/mol. The van der Waals surface area contributed by atoms with E-state index in [0.29, 0.717) is 10.6 Å². The first-order valence-electron chi connectivity index (χ1n) is 7.15. The van der Waals surface area contributed by atoms with Crippen LogP contribution in [0.1, 0.15) is 40.2 Å². The summed E-state index contributed by atoms with van der Waals surface area (Å²) in [5.41, 5.74) is 11.5. The number of aromatic nitrogens is 2. The molecule has 2 aromatic heterocycles. The maximum absolute atomic E-state index is 12.4. The number of carbonyl (C=O) groups is 1. The van der Waals surface area contributed by atoms with Crippen molar-refractivity contribution >= 4 is 33.1 Å².